The second-order valence-corrected chi connectivity index (χ2v) is 7.10. The number of aryl methyl sites for hydroxylation is 1. The largest absolute Gasteiger partial charge is 0.497 e. The fourth-order valence-corrected chi connectivity index (χ4v) is 3.19. The lowest BCUT2D eigenvalue weighted by atomic mass is 10.1. The van der Waals surface area contributed by atoms with Crippen LogP contribution in [0.4, 0.5) is 5.69 Å². The van der Waals surface area contributed by atoms with Crippen LogP contribution < -0.4 is 20.3 Å². The van der Waals surface area contributed by atoms with Gasteiger partial charge in [-0.05, 0) is 38.1 Å². The number of benzene rings is 2. The first-order chi connectivity index (χ1) is 14.3. The molecule has 0 atom stereocenters. The summed E-state index contributed by atoms with van der Waals surface area (Å²) in [6, 6.07) is 12.1. The molecule has 7 nitrogen and oxygen atoms in total. The minimum absolute atomic E-state index is 0.227. The molecule has 156 valence electrons. The van der Waals surface area contributed by atoms with Crippen molar-refractivity contribution in [3.63, 3.8) is 0 Å². The lowest BCUT2D eigenvalue weighted by Crippen LogP contribution is -2.31. The molecule has 0 aliphatic heterocycles. The predicted octanol–water partition coefficient (Wildman–Crippen LogP) is 3.84. The number of anilines is 1. The second-order valence-electron chi connectivity index (χ2n) is 6.66. The van der Waals surface area contributed by atoms with Gasteiger partial charge in [-0.3, -0.25) is 14.2 Å². The van der Waals surface area contributed by atoms with Crippen molar-refractivity contribution in [2.75, 3.05) is 19.5 Å². The van der Waals surface area contributed by atoms with E-state index >= 15 is 0 Å². The SMILES string of the molecule is COc1ccc(OC)c(NC(=O)Cn2c(-c3cccc(Cl)c3)nc(C)c(C)c2=O)c1. The van der Waals surface area contributed by atoms with E-state index in [-0.39, 0.29) is 12.1 Å². The molecule has 0 fully saturated rings. The van der Waals surface area contributed by atoms with E-state index in [0.717, 1.165) is 0 Å². The van der Waals surface area contributed by atoms with Crippen LogP contribution in [0.1, 0.15) is 11.3 Å². The molecule has 0 radical (unpaired) electrons. The van der Waals surface area contributed by atoms with Crippen LogP contribution in [-0.4, -0.2) is 29.7 Å². The lowest BCUT2D eigenvalue weighted by Gasteiger charge is -2.16. The van der Waals surface area contributed by atoms with Crippen molar-refractivity contribution in [2.24, 2.45) is 0 Å². The number of hydrogen-bond donors (Lipinski definition) is 1. The fraction of sp³-hybridized carbons (Fsp3) is 0.227. The number of carbonyl (C=O) groups excluding carboxylic acids is 1. The van der Waals surface area contributed by atoms with Crippen LogP contribution in [0.5, 0.6) is 11.5 Å². The second kappa shape index (κ2) is 9.00. The molecule has 0 aliphatic rings. The molecule has 3 rings (SSSR count). The van der Waals surface area contributed by atoms with Gasteiger partial charge >= 0.3 is 0 Å². The van der Waals surface area contributed by atoms with Gasteiger partial charge in [0.25, 0.3) is 5.56 Å². The van der Waals surface area contributed by atoms with Crippen molar-refractivity contribution in [3.05, 3.63) is 69.1 Å². The van der Waals surface area contributed by atoms with Gasteiger partial charge in [-0.25, -0.2) is 4.98 Å². The van der Waals surface area contributed by atoms with E-state index in [2.05, 4.69) is 10.3 Å². The summed E-state index contributed by atoms with van der Waals surface area (Å²) in [4.78, 5) is 30.3. The number of hydrogen-bond acceptors (Lipinski definition) is 5. The summed E-state index contributed by atoms with van der Waals surface area (Å²) in [6.07, 6.45) is 0. The Bertz CT molecular complexity index is 1160. The highest BCUT2D eigenvalue weighted by Gasteiger charge is 2.17. The van der Waals surface area contributed by atoms with Gasteiger partial charge in [-0.1, -0.05) is 23.7 Å². The molecule has 0 saturated heterocycles. The number of amides is 1. The van der Waals surface area contributed by atoms with Gasteiger partial charge in [0, 0.05) is 27.9 Å². The Kier molecular flexibility index (Phi) is 6.42. The number of carbonyl (C=O) groups is 1. The molecule has 0 aliphatic carbocycles. The summed E-state index contributed by atoms with van der Waals surface area (Å²) in [5.41, 5.74) is 1.88. The Morgan fingerprint density at radius 1 is 1.13 bits per heavy atom. The lowest BCUT2D eigenvalue weighted by molar-refractivity contribution is -0.116. The molecule has 8 heteroatoms. The van der Waals surface area contributed by atoms with E-state index in [4.69, 9.17) is 21.1 Å². The maximum Gasteiger partial charge on any atom is 0.257 e. The minimum Gasteiger partial charge on any atom is -0.497 e. The normalized spacial score (nSPS) is 10.6. The monoisotopic (exact) mass is 427 g/mol. The molecule has 0 bridgehead atoms. The van der Waals surface area contributed by atoms with Gasteiger partial charge in [0.05, 0.1) is 19.9 Å². The Balaban J connectivity index is 2.00. The summed E-state index contributed by atoms with van der Waals surface area (Å²) < 4.78 is 11.8. The van der Waals surface area contributed by atoms with E-state index in [1.807, 2.05) is 0 Å². The summed E-state index contributed by atoms with van der Waals surface area (Å²) in [6.45, 7) is 3.22. The summed E-state index contributed by atoms with van der Waals surface area (Å²) >= 11 is 6.11. The van der Waals surface area contributed by atoms with Crippen LogP contribution >= 0.6 is 11.6 Å². The van der Waals surface area contributed by atoms with Gasteiger partial charge in [0.15, 0.2) is 0 Å². The van der Waals surface area contributed by atoms with Gasteiger partial charge in [0.2, 0.25) is 5.91 Å². The Morgan fingerprint density at radius 2 is 1.90 bits per heavy atom. The zero-order chi connectivity index (χ0) is 21.8. The standard InChI is InChI=1S/C22H22ClN3O4/c1-13-14(2)24-21(15-6-5-7-16(23)10-15)26(22(13)28)12-20(27)25-18-11-17(29-3)8-9-19(18)30-4/h5-11H,12H2,1-4H3,(H,25,27). The third kappa shape index (κ3) is 4.46. The molecule has 0 unspecified atom stereocenters. The molecule has 1 heterocycles. The van der Waals surface area contributed by atoms with E-state index in [1.165, 1.54) is 18.8 Å². The van der Waals surface area contributed by atoms with Crippen molar-refractivity contribution in [1.29, 1.82) is 0 Å². The first-order valence-electron chi connectivity index (χ1n) is 9.20. The topological polar surface area (TPSA) is 82.4 Å². The summed E-state index contributed by atoms with van der Waals surface area (Å²) in [5.74, 6) is 1.01. The molecule has 3 aromatic rings. The van der Waals surface area contributed by atoms with Crippen LogP contribution in [0.15, 0.2) is 47.3 Å². The molecule has 1 amide bonds. The molecule has 30 heavy (non-hydrogen) atoms. The molecule has 1 aromatic heterocycles. The third-order valence-corrected chi connectivity index (χ3v) is 4.94. The average molecular weight is 428 g/mol. The van der Waals surface area contributed by atoms with E-state index in [0.29, 0.717) is 44.9 Å². The van der Waals surface area contributed by atoms with Crippen LogP contribution in [0.3, 0.4) is 0 Å². The Hall–Kier alpha value is -3.32. The van der Waals surface area contributed by atoms with Gasteiger partial charge < -0.3 is 14.8 Å². The number of nitrogens with zero attached hydrogens (tertiary/aromatic N) is 2. The highest BCUT2D eigenvalue weighted by atomic mass is 35.5. The van der Waals surface area contributed by atoms with Gasteiger partial charge in [-0.15, -0.1) is 0 Å². The number of halogens is 1. The summed E-state index contributed by atoms with van der Waals surface area (Å²) in [5, 5.41) is 3.29. The average Bonchev–Trinajstić information content (AvgIpc) is 2.73. The molecular weight excluding hydrogens is 406 g/mol. The molecule has 2 aromatic carbocycles. The Morgan fingerprint density at radius 3 is 2.57 bits per heavy atom. The smallest absolute Gasteiger partial charge is 0.257 e. The fourth-order valence-electron chi connectivity index (χ4n) is 3.00. The zero-order valence-electron chi connectivity index (χ0n) is 17.2. The van der Waals surface area contributed by atoms with Crippen molar-refractivity contribution in [2.45, 2.75) is 20.4 Å². The molecule has 0 saturated carbocycles. The maximum absolute atomic E-state index is 12.9. The first kappa shape index (κ1) is 21.4. The maximum atomic E-state index is 12.9. The van der Waals surface area contributed by atoms with Crippen molar-refractivity contribution < 1.29 is 14.3 Å². The van der Waals surface area contributed by atoms with E-state index in [9.17, 15) is 9.59 Å². The number of aromatic nitrogens is 2. The van der Waals surface area contributed by atoms with E-state index < -0.39 is 5.91 Å². The third-order valence-electron chi connectivity index (χ3n) is 4.70. The number of nitrogens with one attached hydrogen (secondary N) is 1. The molecular formula is C22H22ClN3O4. The summed E-state index contributed by atoms with van der Waals surface area (Å²) in [7, 11) is 3.04. The van der Waals surface area contributed by atoms with Crippen LogP contribution in [-0.2, 0) is 11.3 Å². The zero-order valence-corrected chi connectivity index (χ0v) is 17.9. The van der Waals surface area contributed by atoms with Gasteiger partial charge in [0.1, 0.15) is 23.9 Å². The van der Waals surface area contributed by atoms with Crippen molar-refractivity contribution in [1.82, 2.24) is 9.55 Å². The predicted molar refractivity (Wildman–Crippen MR) is 117 cm³/mol. The number of ether oxygens (including phenoxy) is 2. The van der Waals surface area contributed by atoms with Crippen LogP contribution in [0.25, 0.3) is 11.4 Å². The van der Waals surface area contributed by atoms with Crippen molar-refractivity contribution >= 4 is 23.2 Å². The number of rotatable bonds is 6. The highest BCUT2D eigenvalue weighted by Crippen LogP contribution is 2.29. The van der Waals surface area contributed by atoms with Crippen molar-refractivity contribution in [3.8, 4) is 22.9 Å². The quantitative estimate of drug-likeness (QED) is 0.646. The van der Waals surface area contributed by atoms with Crippen LogP contribution in [0, 0.1) is 13.8 Å². The minimum atomic E-state index is -0.406. The first-order valence-corrected chi connectivity index (χ1v) is 9.57. The van der Waals surface area contributed by atoms with Gasteiger partial charge in [-0.2, -0.15) is 0 Å². The molecule has 1 N–H and O–H groups in total. The highest BCUT2D eigenvalue weighted by molar-refractivity contribution is 6.30. The van der Waals surface area contributed by atoms with E-state index in [1.54, 1.807) is 56.3 Å². The van der Waals surface area contributed by atoms with Crippen LogP contribution in [0.2, 0.25) is 5.02 Å². The number of methoxy groups -OCH3 is 2. The molecule has 0 spiro atoms. The Labute approximate surface area is 179 Å².